The number of hydrogen-bond acceptors (Lipinski definition) is 4. The van der Waals surface area contributed by atoms with Crippen molar-refractivity contribution < 1.29 is 9.50 Å². The molecule has 1 aromatic heterocycles. The van der Waals surface area contributed by atoms with Crippen molar-refractivity contribution in [2.45, 2.75) is 58.7 Å². The van der Waals surface area contributed by atoms with Gasteiger partial charge in [-0.1, -0.05) is 19.9 Å². The average molecular weight is 374 g/mol. The molecule has 0 aliphatic carbocycles. The maximum Gasteiger partial charge on any atom is 0.191 e. The first-order valence-electron chi connectivity index (χ1n) is 9.42. The van der Waals surface area contributed by atoms with E-state index < -0.39 is 5.82 Å². The van der Waals surface area contributed by atoms with Gasteiger partial charge in [-0.3, -0.25) is 0 Å². The highest BCUT2D eigenvalue weighted by atomic mass is 19.1. The van der Waals surface area contributed by atoms with Crippen LogP contribution >= 0.6 is 0 Å². The van der Waals surface area contributed by atoms with Crippen LogP contribution in [0.1, 0.15) is 50.3 Å². The average Bonchev–Trinajstić information content (AvgIpc) is 3.06. The Morgan fingerprint density at radius 2 is 2.26 bits per heavy atom. The zero-order chi connectivity index (χ0) is 19.4. The summed E-state index contributed by atoms with van der Waals surface area (Å²) >= 11 is 0. The lowest BCUT2D eigenvalue weighted by Crippen LogP contribution is -2.47. The van der Waals surface area contributed by atoms with E-state index in [4.69, 9.17) is 0 Å². The highest BCUT2D eigenvalue weighted by Gasteiger charge is 2.23. The molecule has 0 saturated carbocycles. The first-order valence-corrected chi connectivity index (χ1v) is 9.42. The maximum atomic E-state index is 13.5. The third-order valence-electron chi connectivity index (χ3n) is 4.51. The van der Waals surface area contributed by atoms with Gasteiger partial charge in [0.1, 0.15) is 5.82 Å². The Kier molecular flexibility index (Phi) is 5.93. The molecule has 1 atom stereocenters. The molecular weight excluding hydrogens is 347 g/mol. The summed E-state index contributed by atoms with van der Waals surface area (Å²) in [5.41, 5.74) is 0.700. The maximum absolute atomic E-state index is 13.5. The molecule has 0 spiro atoms. The van der Waals surface area contributed by atoms with Crippen LogP contribution in [0.4, 0.5) is 4.39 Å². The van der Waals surface area contributed by atoms with Crippen molar-refractivity contribution in [3.63, 3.8) is 0 Å². The number of fused-ring (bicyclic) bond motifs is 1. The number of aromatic nitrogens is 3. The second-order valence-electron chi connectivity index (χ2n) is 7.08. The molecule has 1 aliphatic heterocycles. The minimum Gasteiger partial charge on any atom is -0.505 e. The standard InChI is InChI=1S/C19H27FN6O/c1-4-21-19(22-10-13-5-7-16(27)15(20)9-13)23-14-6-8-17-24-18(12(2)3)25-26(17)11-14/h5,7,9,12,14,27H,4,6,8,10-11H2,1-3H3,(H2,21,22,23). The number of aryl methyl sites for hydroxylation is 1. The predicted molar refractivity (Wildman–Crippen MR) is 102 cm³/mol. The smallest absolute Gasteiger partial charge is 0.191 e. The molecule has 3 rings (SSSR count). The van der Waals surface area contributed by atoms with Crippen molar-refractivity contribution in [2.24, 2.45) is 4.99 Å². The fourth-order valence-corrected chi connectivity index (χ4v) is 3.02. The molecule has 8 heteroatoms. The minimum absolute atomic E-state index is 0.202. The van der Waals surface area contributed by atoms with Crippen LogP contribution in [0.15, 0.2) is 23.2 Å². The molecule has 146 valence electrons. The molecule has 3 N–H and O–H groups in total. The van der Waals surface area contributed by atoms with E-state index in [1.54, 1.807) is 6.07 Å². The van der Waals surface area contributed by atoms with E-state index in [2.05, 4.69) is 39.6 Å². The molecule has 7 nitrogen and oxygen atoms in total. The van der Waals surface area contributed by atoms with Crippen LogP contribution in [0.3, 0.4) is 0 Å². The summed E-state index contributed by atoms with van der Waals surface area (Å²) in [5, 5.41) is 20.6. The molecule has 0 saturated heterocycles. The highest BCUT2D eigenvalue weighted by Crippen LogP contribution is 2.18. The number of hydrogen-bond donors (Lipinski definition) is 3. The first kappa shape index (κ1) is 19.1. The second kappa shape index (κ2) is 8.37. The SMILES string of the molecule is CCNC(=NCc1ccc(O)c(F)c1)NC1CCc2nc(C(C)C)nn2C1. The predicted octanol–water partition coefficient (Wildman–Crippen LogP) is 2.32. The summed E-state index contributed by atoms with van der Waals surface area (Å²) in [5.74, 6) is 1.95. The van der Waals surface area contributed by atoms with Gasteiger partial charge in [0, 0.05) is 24.9 Å². The Balaban J connectivity index is 1.66. The van der Waals surface area contributed by atoms with Gasteiger partial charge in [-0.05, 0) is 31.0 Å². The molecule has 0 radical (unpaired) electrons. The number of aliphatic imine (C=N–C) groups is 1. The van der Waals surface area contributed by atoms with Gasteiger partial charge in [-0.2, -0.15) is 5.10 Å². The third kappa shape index (κ3) is 4.75. The number of phenols is 1. The lowest BCUT2D eigenvalue weighted by atomic mass is 10.1. The Bertz CT molecular complexity index is 817. The molecule has 0 amide bonds. The molecule has 2 heterocycles. The summed E-state index contributed by atoms with van der Waals surface area (Å²) in [6.07, 6.45) is 1.83. The highest BCUT2D eigenvalue weighted by molar-refractivity contribution is 5.80. The molecular formula is C19H27FN6O. The zero-order valence-electron chi connectivity index (χ0n) is 16.0. The van der Waals surface area contributed by atoms with Crippen LogP contribution in [0.5, 0.6) is 5.75 Å². The number of halogens is 1. The largest absolute Gasteiger partial charge is 0.505 e. The number of nitrogens with one attached hydrogen (secondary N) is 2. The Hall–Kier alpha value is -2.64. The first-order chi connectivity index (χ1) is 13.0. The molecule has 27 heavy (non-hydrogen) atoms. The van der Waals surface area contributed by atoms with E-state index in [-0.39, 0.29) is 11.8 Å². The summed E-state index contributed by atoms with van der Waals surface area (Å²) in [4.78, 5) is 9.15. The Morgan fingerprint density at radius 3 is 2.96 bits per heavy atom. The molecule has 0 fully saturated rings. The second-order valence-corrected chi connectivity index (χ2v) is 7.08. The Morgan fingerprint density at radius 1 is 1.44 bits per heavy atom. The summed E-state index contributed by atoms with van der Waals surface area (Å²) in [6.45, 7) is 7.99. The molecule has 1 unspecified atom stereocenters. The van der Waals surface area contributed by atoms with E-state index >= 15 is 0 Å². The lowest BCUT2D eigenvalue weighted by Gasteiger charge is -2.25. The number of phenolic OH excluding ortho intramolecular Hbond substituents is 1. The topological polar surface area (TPSA) is 87.4 Å². The van der Waals surface area contributed by atoms with Gasteiger partial charge in [0.25, 0.3) is 0 Å². The van der Waals surface area contributed by atoms with Crippen molar-refractivity contribution in [2.75, 3.05) is 6.54 Å². The quantitative estimate of drug-likeness (QED) is 0.552. The molecule has 1 aromatic carbocycles. The molecule has 2 aromatic rings. The van der Waals surface area contributed by atoms with Crippen molar-refractivity contribution in [3.8, 4) is 5.75 Å². The normalized spacial score (nSPS) is 17.1. The summed E-state index contributed by atoms with van der Waals surface area (Å²) < 4.78 is 15.5. The fraction of sp³-hybridized carbons (Fsp3) is 0.526. The molecule has 1 aliphatic rings. The number of rotatable bonds is 5. The van der Waals surface area contributed by atoms with Crippen LogP contribution in [0.25, 0.3) is 0 Å². The van der Waals surface area contributed by atoms with Crippen LogP contribution in [0.2, 0.25) is 0 Å². The van der Waals surface area contributed by atoms with Crippen molar-refractivity contribution in [3.05, 3.63) is 41.2 Å². The summed E-state index contributed by atoms with van der Waals surface area (Å²) in [7, 11) is 0. The van der Waals surface area contributed by atoms with Gasteiger partial charge in [-0.15, -0.1) is 0 Å². The number of guanidine groups is 1. The van der Waals surface area contributed by atoms with Crippen molar-refractivity contribution >= 4 is 5.96 Å². The number of aromatic hydroxyl groups is 1. The van der Waals surface area contributed by atoms with Gasteiger partial charge in [0.05, 0.1) is 13.1 Å². The fourth-order valence-electron chi connectivity index (χ4n) is 3.02. The van der Waals surface area contributed by atoms with Crippen LogP contribution < -0.4 is 10.6 Å². The van der Waals surface area contributed by atoms with Gasteiger partial charge in [0.15, 0.2) is 23.4 Å². The minimum atomic E-state index is -0.632. The molecule has 0 bridgehead atoms. The van der Waals surface area contributed by atoms with Crippen LogP contribution in [-0.4, -0.2) is 38.4 Å². The third-order valence-corrected chi connectivity index (χ3v) is 4.51. The van der Waals surface area contributed by atoms with Gasteiger partial charge < -0.3 is 15.7 Å². The monoisotopic (exact) mass is 374 g/mol. The van der Waals surface area contributed by atoms with E-state index in [1.165, 1.54) is 12.1 Å². The van der Waals surface area contributed by atoms with E-state index in [9.17, 15) is 9.50 Å². The zero-order valence-corrected chi connectivity index (χ0v) is 16.0. The number of benzene rings is 1. The van der Waals surface area contributed by atoms with Crippen LogP contribution in [-0.2, 0) is 19.5 Å². The summed E-state index contributed by atoms with van der Waals surface area (Å²) in [6, 6.07) is 4.52. The van der Waals surface area contributed by atoms with Gasteiger partial charge in [-0.25, -0.2) is 19.0 Å². The van der Waals surface area contributed by atoms with E-state index in [0.717, 1.165) is 37.6 Å². The number of nitrogens with zero attached hydrogens (tertiary/aromatic N) is 4. The lowest BCUT2D eigenvalue weighted by molar-refractivity contribution is 0.391. The van der Waals surface area contributed by atoms with E-state index in [1.807, 2.05) is 11.6 Å². The van der Waals surface area contributed by atoms with Gasteiger partial charge >= 0.3 is 0 Å². The van der Waals surface area contributed by atoms with Gasteiger partial charge in [0.2, 0.25) is 0 Å². The van der Waals surface area contributed by atoms with Crippen molar-refractivity contribution in [1.82, 2.24) is 25.4 Å². The van der Waals surface area contributed by atoms with Crippen molar-refractivity contribution in [1.29, 1.82) is 0 Å². The van der Waals surface area contributed by atoms with E-state index in [0.29, 0.717) is 24.0 Å². The Labute approximate surface area is 158 Å². The van der Waals surface area contributed by atoms with Crippen LogP contribution in [0, 0.1) is 5.82 Å².